The molecule has 1 fully saturated rings. The van der Waals surface area contributed by atoms with Gasteiger partial charge in [-0.2, -0.15) is 0 Å². The molecule has 1 nitrogen and oxygen atoms in total. The quantitative estimate of drug-likeness (QED) is 0.822. The van der Waals surface area contributed by atoms with Crippen LogP contribution in [-0.2, 0) is 6.42 Å². The lowest BCUT2D eigenvalue weighted by molar-refractivity contribution is 0.0237. The second kappa shape index (κ2) is 5.22. The van der Waals surface area contributed by atoms with Crippen LogP contribution in [0.15, 0.2) is 24.3 Å². The van der Waals surface area contributed by atoms with Crippen LogP contribution in [-0.4, -0.2) is 5.11 Å². The van der Waals surface area contributed by atoms with Crippen LogP contribution in [0.2, 0.25) is 0 Å². The molecule has 1 aromatic carbocycles. The van der Waals surface area contributed by atoms with Gasteiger partial charge in [-0.1, -0.05) is 51.0 Å². The maximum absolute atomic E-state index is 10.7. The van der Waals surface area contributed by atoms with E-state index < -0.39 is 0 Å². The van der Waals surface area contributed by atoms with Crippen molar-refractivity contribution in [3.05, 3.63) is 35.4 Å². The van der Waals surface area contributed by atoms with Gasteiger partial charge in [0.25, 0.3) is 0 Å². The van der Waals surface area contributed by atoms with E-state index in [9.17, 15) is 5.11 Å². The third kappa shape index (κ3) is 2.40. The minimum Gasteiger partial charge on any atom is -0.388 e. The molecule has 0 radical (unpaired) electrons. The summed E-state index contributed by atoms with van der Waals surface area (Å²) in [4.78, 5) is 0. The van der Waals surface area contributed by atoms with Crippen LogP contribution in [0.1, 0.15) is 63.2 Å². The normalized spacial score (nSPS) is 20.4. The molecule has 1 atom stereocenters. The Morgan fingerprint density at radius 1 is 1.24 bits per heavy atom. The van der Waals surface area contributed by atoms with Crippen LogP contribution in [0, 0.1) is 5.41 Å². The van der Waals surface area contributed by atoms with Crippen molar-refractivity contribution in [3.8, 4) is 0 Å². The van der Waals surface area contributed by atoms with E-state index in [0.29, 0.717) is 0 Å². The zero-order chi connectivity index (χ0) is 12.3. The van der Waals surface area contributed by atoms with E-state index in [4.69, 9.17) is 0 Å². The number of hydrogen-bond acceptors (Lipinski definition) is 1. The van der Waals surface area contributed by atoms with E-state index in [1.54, 1.807) is 0 Å². The van der Waals surface area contributed by atoms with Gasteiger partial charge >= 0.3 is 0 Å². The van der Waals surface area contributed by atoms with E-state index in [1.807, 2.05) is 0 Å². The molecule has 0 aliphatic heterocycles. The van der Waals surface area contributed by atoms with Crippen molar-refractivity contribution in [2.45, 2.75) is 58.5 Å². The van der Waals surface area contributed by atoms with Gasteiger partial charge in [-0.15, -0.1) is 0 Å². The standard InChI is InChI=1S/C16H24O/c1-3-13-8-7-9-14(12-13)15(17)16(4-2)10-5-6-11-16/h7-9,12,15,17H,3-6,10-11H2,1-2H3. The second-order valence-corrected chi connectivity index (χ2v) is 5.42. The van der Waals surface area contributed by atoms with Crippen molar-refractivity contribution in [1.29, 1.82) is 0 Å². The first-order valence-corrected chi connectivity index (χ1v) is 6.99. The van der Waals surface area contributed by atoms with E-state index in [0.717, 1.165) is 18.4 Å². The molecule has 1 saturated carbocycles. The summed E-state index contributed by atoms with van der Waals surface area (Å²) in [5.41, 5.74) is 2.59. The van der Waals surface area contributed by atoms with Crippen molar-refractivity contribution in [2.75, 3.05) is 0 Å². The highest BCUT2D eigenvalue weighted by molar-refractivity contribution is 5.26. The molecule has 0 aromatic heterocycles. The molecule has 0 bridgehead atoms. The van der Waals surface area contributed by atoms with E-state index >= 15 is 0 Å². The Labute approximate surface area is 105 Å². The Bertz CT molecular complexity index is 364. The Kier molecular flexibility index (Phi) is 3.88. The number of aliphatic hydroxyl groups is 1. The van der Waals surface area contributed by atoms with Gasteiger partial charge in [0.2, 0.25) is 0 Å². The van der Waals surface area contributed by atoms with Gasteiger partial charge in [-0.3, -0.25) is 0 Å². The lowest BCUT2D eigenvalue weighted by atomic mass is 9.75. The smallest absolute Gasteiger partial charge is 0.0846 e. The van der Waals surface area contributed by atoms with Crippen molar-refractivity contribution in [1.82, 2.24) is 0 Å². The molecule has 1 heteroatoms. The first-order valence-electron chi connectivity index (χ1n) is 6.99. The van der Waals surface area contributed by atoms with Crippen LogP contribution < -0.4 is 0 Å². The van der Waals surface area contributed by atoms with Gasteiger partial charge in [0, 0.05) is 5.41 Å². The van der Waals surface area contributed by atoms with Crippen LogP contribution >= 0.6 is 0 Å². The molecule has 94 valence electrons. The van der Waals surface area contributed by atoms with E-state index in [1.165, 1.54) is 31.2 Å². The van der Waals surface area contributed by atoms with Gasteiger partial charge in [0.1, 0.15) is 0 Å². The highest BCUT2D eigenvalue weighted by Crippen LogP contribution is 2.49. The van der Waals surface area contributed by atoms with E-state index in [-0.39, 0.29) is 11.5 Å². The lowest BCUT2D eigenvalue weighted by Crippen LogP contribution is -2.25. The Morgan fingerprint density at radius 3 is 2.53 bits per heavy atom. The van der Waals surface area contributed by atoms with Crippen LogP contribution in [0.25, 0.3) is 0 Å². The van der Waals surface area contributed by atoms with Crippen molar-refractivity contribution in [2.24, 2.45) is 5.41 Å². The van der Waals surface area contributed by atoms with Crippen molar-refractivity contribution >= 4 is 0 Å². The molecule has 0 heterocycles. The fourth-order valence-electron chi connectivity index (χ4n) is 3.24. The van der Waals surface area contributed by atoms with Crippen LogP contribution in [0.5, 0.6) is 0 Å². The Hall–Kier alpha value is -0.820. The summed E-state index contributed by atoms with van der Waals surface area (Å²) in [5, 5.41) is 10.7. The fourth-order valence-corrected chi connectivity index (χ4v) is 3.24. The predicted molar refractivity (Wildman–Crippen MR) is 72.0 cm³/mol. The van der Waals surface area contributed by atoms with Crippen molar-refractivity contribution in [3.63, 3.8) is 0 Å². The summed E-state index contributed by atoms with van der Waals surface area (Å²) in [6, 6.07) is 8.49. The molecule has 17 heavy (non-hydrogen) atoms. The molecular formula is C16H24O. The largest absolute Gasteiger partial charge is 0.388 e. The summed E-state index contributed by atoms with van der Waals surface area (Å²) in [6.07, 6.45) is 6.77. The lowest BCUT2D eigenvalue weighted by Gasteiger charge is -2.33. The third-order valence-corrected chi connectivity index (χ3v) is 4.56. The third-order valence-electron chi connectivity index (χ3n) is 4.56. The molecule has 1 aliphatic carbocycles. The minimum absolute atomic E-state index is 0.145. The Morgan fingerprint density at radius 2 is 1.94 bits per heavy atom. The van der Waals surface area contributed by atoms with Crippen LogP contribution in [0.4, 0.5) is 0 Å². The molecule has 0 amide bonds. The number of benzene rings is 1. The SMILES string of the molecule is CCc1cccc(C(O)C2(CC)CCCC2)c1. The second-order valence-electron chi connectivity index (χ2n) is 5.42. The van der Waals surface area contributed by atoms with Crippen LogP contribution in [0.3, 0.4) is 0 Å². The number of aryl methyl sites for hydroxylation is 1. The molecule has 0 spiro atoms. The highest BCUT2D eigenvalue weighted by atomic mass is 16.3. The summed E-state index contributed by atoms with van der Waals surface area (Å²) in [6.45, 7) is 4.38. The van der Waals surface area contributed by atoms with Crippen molar-refractivity contribution < 1.29 is 5.11 Å². The summed E-state index contributed by atoms with van der Waals surface area (Å²) >= 11 is 0. The molecule has 2 rings (SSSR count). The first-order chi connectivity index (χ1) is 8.22. The zero-order valence-electron chi connectivity index (χ0n) is 11.1. The molecule has 1 aromatic rings. The predicted octanol–water partition coefficient (Wildman–Crippen LogP) is 4.25. The molecule has 0 saturated heterocycles. The maximum Gasteiger partial charge on any atom is 0.0846 e. The Balaban J connectivity index is 2.25. The number of hydrogen-bond donors (Lipinski definition) is 1. The molecular weight excluding hydrogens is 208 g/mol. The number of aliphatic hydroxyl groups excluding tert-OH is 1. The van der Waals surface area contributed by atoms with Gasteiger partial charge in [-0.05, 0) is 36.8 Å². The molecule has 1 unspecified atom stereocenters. The van der Waals surface area contributed by atoms with Gasteiger partial charge in [-0.25, -0.2) is 0 Å². The zero-order valence-corrected chi connectivity index (χ0v) is 11.1. The molecule has 1 aliphatic rings. The summed E-state index contributed by atoms with van der Waals surface area (Å²) in [7, 11) is 0. The average molecular weight is 232 g/mol. The highest BCUT2D eigenvalue weighted by Gasteiger charge is 2.39. The average Bonchev–Trinajstić information content (AvgIpc) is 2.88. The van der Waals surface area contributed by atoms with Gasteiger partial charge in [0.05, 0.1) is 6.10 Å². The topological polar surface area (TPSA) is 20.2 Å². The van der Waals surface area contributed by atoms with Gasteiger partial charge in [0.15, 0.2) is 0 Å². The number of rotatable bonds is 4. The minimum atomic E-state index is -0.276. The monoisotopic (exact) mass is 232 g/mol. The summed E-state index contributed by atoms with van der Waals surface area (Å²) in [5.74, 6) is 0. The fraction of sp³-hybridized carbons (Fsp3) is 0.625. The first kappa shape index (κ1) is 12.6. The molecule has 1 N–H and O–H groups in total. The van der Waals surface area contributed by atoms with E-state index in [2.05, 4.69) is 38.1 Å². The maximum atomic E-state index is 10.7. The summed E-state index contributed by atoms with van der Waals surface area (Å²) < 4.78 is 0. The van der Waals surface area contributed by atoms with Gasteiger partial charge < -0.3 is 5.11 Å².